The van der Waals surface area contributed by atoms with Crippen molar-refractivity contribution < 1.29 is 14.3 Å². The molecule has 0 radical (unpaired) electrons. The number of likely N-dealkylation sites (tertiary alicyclic amines) is 2. The van der Waals surface area contributed by atoms with Crippen molar-refractivity contribution in [3.8, 4) is 0 Å². The molecule has 0 atom stereocenters. The van der Waals surface area contributed by atoms with Crippen molar-refractivity contribution in [2.45, 2.75) is 38.7 Å². The number of hydrogen-bond acceptors (Lipinski definition) is 4. The Morgan fingerprint density at radius 2 is 1.84 bits per heavy atom. The number of ketones is 1. The van der Waals surface area contributed by atoms with Gasteiger partial charge in [0.1, 0.15) is 5.78 Å². The molecule has 0 spiro atoms. The van der Waals surface area contributed by atoms with Crippen LogP contribution in [0.15, 0.2) is 0 Å². The van der Waals surface area contributed by atoms with Crippen molar-refractivity contribution in [2.75, 3.05) is 39.3 Å². The maximum atomic E-state index is 12.1. The summed E-state index contributed by atoms with van der Waals surface area (Å²) in [5, 5.41) is 0. The van der Waals surface area contributed by atoms with Crippen LogP contribution in [0.25, 0.3) is 0 Å². The Morgan fingerprint density at radius 3 is 2.42 bits per heavy atom. The Balaban J connectivity index is 1.70. The van der Waals surface area contributed by atoms with Crippen LogP contribution in [0.2, 0.25) is 0 Å². The van der Waals surface area contributed by atoms with E-state index >= 15 is 0 Å². The lowest BCUT2D eigenvalue weighted by Gasteiger charge is -2.33. The van der Waals surface area contributed by atoms with E-state index in [-0.39, 0.29) is 11.7 Å². The highest BCUT2D eigenvalue weighted by molar-refractivity contribution is 5.84. The molecule has 0 bridgehead atoms. The highest BCUT2D eigenvalue weighted by Crippen LogP contribution is 2.14. The lowest BCUT2D eigenvalue weighted by Crippen LogP contribution is -2.47. The van der Waals surface area contributed by atoms with Gasteiger partial charge in [-0.2, -0.15) is 0 Å². The maximum absolute atomic E-state index is 12.1. The molecule has 19 heavy (non-hydrogen) atoms. The van der Waals surface area contributed by atoms with Gasteiger partial charge in [-0.15, -0.1) is 0 Å². The van der Waals surface area contributed by atoms with E-state index in [0.29, 0.717) is 38.6 Å². The highest BCUT2D eigenvalue weighted by atomic mass is 16.5. The first-order valence-corrected chi connectivity index (χ1v) is 7.32. The van der Waals surface area contributed by atoms with Crippen LogP contribution in [0.3, 0.4) is 0 Å². The van der Waals surface area contributed by atoms with Gasteiger partial charge >= 0.3 is 0 Å². The smallest absolute Gasteiger partial charge is 0.236 e. The van der Waals surface area contributed by atoms with Gasteiger partial charge in [-0.05, 0) is 19.8 Å². The fourth-order valence-electron chi connectivity index (χ4n) is 2.77. The second kappa shape index (κ2) is 7.01. The molecule has 5 heteroatoms. The minimum absolute atomic E-state index is 0.169. The summed E-state index contributed by atoms with van der Waals surface area (Å²) in [6, 6.07) is 0. The van der Waals surface area contributed by atoms with E-state index < -0.39 is 0 Å². The number of ether oxygens (including phenoxy) is 1. The van der Waals surface area contributed by atoms with Crippen LogP contribution in [0.1, 0.15) is 32.6 Å². The number of rotatable bonds is 4. The fraction of sp³-hybridized carbons (Fsp3) is 0.857. The Hall–Kier alpha value is -0.940. The van der Waals surface area contributed by atoms with Crippen LogP contribution in [-0.4, -0.2) is 66.9 Å². The second-order valence-corrected chi connectivity index (χ2v) is 5.35. The summed E-state index contributed by atoms with van der Waals surface area (Å²) in [5.74, 6) is 0.448. The molecule has 2 aliphatic heterocycles. The van der Waals surface area contributed by atoms with Crippen molar-refractivity contribution in [3.05, 3.63) is 0 Å². The molecule has 1 amide bonds. The van der Waals surface area contributed by atoms with E-state index in [1.807, 2.05) is 11.8 Å². The standard InChI is InChI=1S/C14H24N2O3/c1-2-19-13-5-7-15(8-6-13)11-14(18)16-9-3-12(17)4-10-16/h13H,2-11H2,1H3. The molecule has 0 N–H and O–H groups in total. The molecule has 0 unspecified atom stereocenters. The average molecular weight is 268 g/mol. The van der Waals surface area contributed by atoms with Gasteiger partial charge in [0.25, 0.3) is 0 Å². The molecular weight excluding hydrogens is 244 g/mol. The molecule has 108 valence electrons. The molecule has 0 aromatic heterocycles. The van der Waals surface area contributed by atoms with Crippen molar-refractivity contribution in [1.82, 2.24) is 9.80 Å². The molecule has 0 saturated carbocycles. The first kappa shape index (κ1) is 14.5. The molecule has 2 heterocycles. The van der Waals surface area contributed by atoms with E-state index in [0.717, 1.165) is 32.5 Å². The molecule has 2 saturated heterocycles. The van der Waals surface area contributed by atoms with E-state index in [1.165, 1.54) is 0 Å². The molecule has 5 nitrogen and oxygen atoms in total. The van der Waals surface area contributed by atoms with E-state index in [1.54, 1.807) is 0 Å². The number of carbonyl (C=O) groups excluding carboxylic acids is 2. The molecule has 0 aromatic rings. The van der Waals surface area contributed by atoms with Gasteiger partial charge in [-0.25, -0.2) is 0 Å². The summed E-state index contributed by atoms with van der Waals surface area (Å²) in [7, 11) is 0. The third-order valence-corrected chi connectivity index (χ3v) is 3.97. The summed E-state index contributed by atoms with van der Waals surface area (Å²) in [5.41, 5.74) is 0. The first-order valence-electron chi connectivity index (χ1n) is 7.32. The summed E-state index contributed by atoms with van der Waals surface area (Å²) in [4.78, 5) is 27.3. The van der Waals surface area contributed by atoms with Crippen molar-refractivity contribution >= 4 is 11.7 Å². The van der Waals surface area contributed by atoms with Crippen LogP contribution < -0.4 is 0 Å². The first-order chi connectivity index (χ1) is 9.19. The molecule has 0 aromatic carbocycles. The lowest BCUT2D eigenvalue weighted by atomic mass is 10.1. The third kappa shape index (κ3) is 4.28. The Kier molecular flexibility index (Phi) is 5.34. The molecule has 0 aliphatic carbocycles. The molecule has 2 aliphatic rings. The Bertz CT molecular complexity index is 315. The van der Waals surface area contributed by atoms with Gasteiger partial charge in [0.15, 0.2) is 0 Å². The fourth-order valence-corrected chi connectivity index (χ4v) is 2.77. The monoisotopic (exact) mass is 268 g/mol. The predicted octanol–water partition coefficient (Wildman–Crippen LogP) is 0.679. The minimum Gasteiger partial charge on any atom is -0.378 e. The van der Waals surface area contributed by atoms with Crippen molar-refractivity contribution in [1.29, 1.82) is 0 Å². The number of nitrogens with zero attached hydrogens (tertiary/aromatic N) is 2. The zero-order valence-electron chi connectivity index (χ0n) is 11.8. The van der Waals surface area contributed by atoms with E-state index in [4.69, 9.17) is 4.74 Å². The number of hydrogen-bond donors (Lipinski definition) is 0. The van der Waals surface area contributed by atoms with Crippen LogP contribution in [0, 0.1) is 0 Å². The number of Topliss-reactive ketones (excluding diaryl/α,β-unsaturated/α-hetero) is 1. The van der Waals surface area contributed by atoms with Crippen molar-refractivity contribution in [2.24, 2.45) is 0 Å². The third-order valence-electron chi connectivity index (χ3n) is 3.97. The van der Waals surface area contributed by atoms with Gasteiger partial charge in [-0.3, -0.25) is 14.5 Å². The van der Waals surface area contributed by atoms with Crippen molar-refractivity contribution in [3.63, 3.8) is 0 Å². The van der Waals surface area contributed by atoms with Crippen LogP contribution in [0.5, 0.6) is 0 Å². The van der Waals surface area contributed by atoms with Gasteiger partial charge in [0.05, 0.1) is 12.6 Å². The number of amides is 1. The summed E-state index contributed by atoms with van der Waals surface area (Å²) in [6.45, 7) is 6.36. The Labute approximate surface area is 114 Å². The van der Waals surface area contributed by atoms with E-state index in [2.05, 4.69) is 4.90 Å². The zero-order chi connectivity index (χ0) is 13.7. The molecular formula is C14H24N2O3. The highest BCUT2D eigenvalue weighted by Gasteiger charge is 2.25. The summed E-state index contributed by atoms with van der Waals surface area (Å²) >= 11 is 0. The van der Waals surface area contributed by atoms with Gasteiger partial charge < -0.3 is 9.64 Å². The van der Waals surface area contributed by atoms with Gasteiger partial charge in [0.2, 0.25) is 5.91 Å². The summed E-state index contributed by atoms with van der Waals surface area (Å²) in [6.07, 6.45) is 3.44. The summed E-state index contributed by atoms with van der Waals surface area (Å²) < 4.78 is 5.60. The zero-order valence-corrected chi connectivity index (χ0v) is 11.8. The van der Waals surface area contributed by atoms with Gasteiger partial charge in [-0.1, -0.05) is 0 Å². The maximum Gasteiger partial charge on any atom is 0.236 e. The van der Waals surface area contributed by atoms with Crippen LogP contribution >= 0.6 is 0 Å². The normalized spacial score (nSPS) is 22.8. The van der Waals surface area contributed by atoms with E-state index in [9.17, 15) is 9.59 Å². The SMILES string of the molecule is CCOC1CCN(CC(=O)N2CCC(=O)CC2)CC1. The predicted molar refractivity (Wildman–Crippen MR) is 71.9 cm³/mol. The average Bonchev–Trinajstić information content (AvgIpc) is 2.42. The minimum atomic E-state index is 0.169. The topological polar surface area (TPSA) is 49.9 Å². The van der Waals surface area contributed by atoms with Crippen LogP contribution in [0.4, 0.5) is 0 Å². The number of carbonyl (C=O) groups is 2. The quantitative estimate of drug-likeness (QED) is 0.752. The molecule has 2 rings (SSSR count). The molecule has 2 fully saturated rings. The second-order valence-electron chi connectivity index (χ2n) is 5.35. The number of piperidine rings is 2. The lowest BCUT2D eigenvalue weighted by molar-refractivity contribution is -0.136. The van der Waals surface area contributed by atoms with Crippen LogP contribution in [-0.2, 0) is 14.3 Å². The Morgan fingerprint density at radius 1 is 1.21 bits per heavy atom. The largest absolute Gasteiger partial charge is 0.378 e. The van der Waals surface area contributed by atoms with Gasteiger partial charge in [0, 0.05) is 45.6 Å².